The summed E-state index contributed by atoms with van der Waals surface area (Å²) in [4.78, 5) is 0. The number of aliphatic hydroxyl groups is 1. The van der Waals surface area contributed by atoms with Gasteiger partial charge in [-0.05, 0) is 6.92 Å². The van der Waals surface area contributed by atoms with Gasteiger partial charge in [0.05, 0.1) is 12.3 Å². The molecule has 0 aliphatic rings. The van der Waals surface area contributed by atoms with Crippen LogP contribution < -0.4 is 0 Å². The molecule has 0 radical (unpaired) electrons. The zero-order chi connectivity index (χ0) is 8.43. The molecule has 3 heteroatoms. The molecule has 0 fully saturated rings. The highest BCUT2D eigenvalue weighted by Crippen LogP contribution is 2.21. The Morgan fingerprint density at radius 2 is 2.18 bits per heavy atom. The summed E-state index contributed by atoms with van der Waals surface area (Å²) in [5, 5.41) is 12.7. The van der Waals surface area contributed by atoms with Gasteiger partial charge in [-0.1, -0.05) is 19.0 Å². The number of nitrogens with zero attached hydrogens (tertiary/aromatic N) is 1. The average molecular weight is 155 g/mol. The molecule has 11 heavy (non-hydrogen) atoms. The van der Waals surface area contributed by atoms with Crippen molar-refractivity contribution < 1.29 is 9.63 Å². The van der Waals surface area contributed by atoms with Crippen molar-refractivity contribution in [3.8, 4) is 0 Å². The van der Waals surface area contributed by atoms with Crippen LogP contribution in [0.4, 0.5) is 0 Å². The van der Waals surface area contributed by atoms with Gasteiger partial charge in [0.1, 0.15) is 5.76 Å². The summed E-state index contributed by atoms with van der Waals surface area (Å²) >= 11 is 0. The van der Waals surface area contributed by atoms with Gasteiger partial charge in [-0.15, -0.1) is 0 Å². The number of aliphatic hydroxyl groups excluding tert-OH is 1. The molecule has 0 amide bonds. The van der Waals surface area contributed by atoms with Crippen LogP contribution in [0.1, 0.15) is 36.8 Å². The minimum absolute atomic E-state index is 0.0167. The predicted molar refractivity (Wildman–Crippen MR) is 41.3 cm³/mol. The van der Waals surface area contributed by atoms with E-state index in [1.54, 1.807) is 0 Å². The topological polar surface area (TPSA) is 46.3 Å². The molecule has 1 N–H and O–H groups in total. The Labute approximate surface area is 66.0 Å². The summed E-state index contributed by atoms with van der Waals surface area (Å²) in [7, 11) is 0. The van der Waals surface area contributed by atoms with Gasteiger partial charge in [0.25, 0.3) is 0 Å². The van der Waals surface area contributed by atoms with Gasteiger partial charge >= 0.3 is 0 Å². The summed E-state index contributed by atoms with van der Waals surface area (Å²) in [5.41, 5.74) is 1.62. The molecular weight excluding hydrogens is 142 g/mol. The monoisotopic (exact) mass is 155 g/mol. The quantitative estimate of drug-likeness (QED) is 0.705. The Bertz CT molecular complexity index is 240. The molecular formula is C8H13NO2. The largest absolute Gasteiger partial charge is 0.391 e. The maximum absolute atomic E-state index is 8.94. The Morgan fingerprint density at radius 3 is 2.55 bits per heavy atom. The third kappa shape index (κ3) is 1.43. The van der Waals surface area contributed by atoms with E-state index in [0.29, 0.717) is 5.92 Å². The first-order chi connectivity index (χ1) is 5.16. The molecule has 1 rings (SSSR count). The molecule has 3 nitrogen and oxygen atoms in total. The highest BCUT2D eigenvalue weighted by atomic mass is 16.5. The van der Waals surface area contributed by atoms with Crippen LogP contribution in [0.5, 0.6) is 0 Å². The van der Waals surface area contributed by atoms with Crippen LogP contribution in [-0.4, -0.2) is 10.3 Å². The van der Waals surface area contributed by atoms with Crippen molar-refractivity contribution in [2.24, 2.45) is 0 Å². The SMILES string of the molecule is Cc1noc(C(C)C)c1CO. The van der Waals surface area contributed by atoms with Gasteiger partial charge in [0.2, 0.25) is 0 Å². The smallest absolute Gasteiger partial charge is 0.145 e. The van der Waals surface area contributed by atoms with Crippen LogP contribution in [0, 0.1) is 6.92 Å². The van der Waals surface area contributed by atoms with E-state index < -0.39 is 0 Å². The number of hydrogen-bond donors (Lipinski definition) is 1. The first-order valence-electron chi connectivity index (χ1n) is 3.72. The fourth-order valence-electron chi connectivity index (χ4n) is 1.05. The van der Waals surface area contributed by atoms with Gasteiger partial charge in [0, 0.05) is 11.5 Å². The van der Waals surface area contributed by atoms with Gasteiger partial charge < -0.3 is 9.63 Å². The van der Waals surface area contributed by atoms with E-state index in [2.05, 4.69) is 5.16 Å². The van der Waals surface area contributed by atoms with E-state index >= 15 is 0 Å². The second kappa shape index (κ2) is 3.05. The van der Waals surface area contributed by atoms with Gasteiger partial charge in [-0.25, -0.2) is 0 Å². The Kier molecular flexibility index (Phi) is 2.29. The number of hydrogen-bond acceptors (Lipinski definition) is 3. The van der Waals surface area contributed by atoms with Crippen LogP contribution in [0.25, 0.3) is 0 Å². The lowest BCUT2D eigenvalue weighted by Gasteiger charge is -2.00. The Balaban J connectivity index is 3.05. The average Bonchev–Trinajstić information content (AvgIpc) is 2.30. The Morgan fingerprint density at radius 1 is 1.55 bits per heavy atom. The lowest BCUT2D eigenvalue weighted by atomic mass is 10.1. The fraction of sp³-hybridized carbons (Fsp3) is 0.625. The third-order valence-corrected chi connectivity index (χ3v) is 1.70. The molecule has 0 aliphatic heterocycles. The van der Waals surface area contributed by atoms with Crippen molar-refractivity contribution in [3.05, 3.63) is 17.0 Å². The zero-order valence-electron chi connectivity index (χ0n) is 7.09. The maximum Gasteiger partial charge on any atom is 0.145 e. The van der Waals surface area contributed by atoms with Crippen LogP contribution in [0.2, 0.25) is 0 Å². The van der Waals surface area contributed by atoms with Crippen molar-refractivity contribution >= 4 is 0 Å². The van der Waals surface area contributed by atoms with Crippen LogP contribution in [0.3, 0.4) is 0 Å². The molecule has 0 aliphatic carbocycles. The number of aryl methyl sites for hydroxylation is 1. The van der Waals surface area contributed by atoms with E-state index in [-0.39, 0.29) is 6.61 Å². The standard InChI is InChI=1S/C8H13NO2/c1-5(2)8-7(4-10)6(3)9-11-8/h5,10H,4H2,1-3H3. The molecule has 0 saturated carbocycles. The summed E-state index contributed by atoms with van der Waals surface area (Å²) in [5.74, 6) is 1.09. The van der Waals surface area contributed by atoms with Gasteiger partial charge in [-0.2, -0.15) is 0 Å². The summed E-state index contributed by atoms with van der Waals surface area (Å²) in [6.07, 6.45) is 0. The van der Waals surface area contributed by atoms with Crippen LogP contribution in [-0.2, 0) is 6.61 Å². The second-order valence-electron chi connectivity index (χ2n) is 2.92. The van der Waals surface area contributed by atoms with E-state index in [9.17, 15) is 0 Å². The van der Waals surface area contributed by atoms with Crippen LogP contribution >= 0.6 is 0 Å². The van der Waals surface area contributed by atoms with E-state index in [1.807, 2.05) is 20.8 Å². The van der Waals surface area contributed by atoms with E-state index in [4.69, 9.17) is 9.63 Å². The van der Waals surface area contributed by atoms with Crippen molar-refractivity contribution in [1.82, 2.24) is 5.16 Å². The molecule has 0 saturated heterocycles. The normalized spacial score (nSPS) is 11.0. The molecule has 0 unspecified atom stereocenters. The lowest BCUT2D eigenvalue weighted by molar-refractivity contribution is 0.275. The van der Waals surface area contributed by atoms with Crippen molar-refractivity contribution in [2.75, 3.05) is 0 Å². The number of rotatable bonds is 2. The predicted octanol–water partition coefficient (Wildman–Crippen LogP) is 1.60. The minimum atomic E-state index is 0.0167. The van der Waals surface area contributed by atoms with Crippen molar-refractivity contribution in [3.63, 3.8) is 0 Å². The lowest BCUT2D eigenvalue weighted by Crippen LogP contribution is -1.92. The molecule has 0 atom stereocenters. The van der Waals surface area contributed by atoms with Gasteiger partial charge in [-0.3, -0.25) is 0 Å². The third-order valence-electron chi connectivity index (χ3n) is 1.70. The first kappa shape index (κ1) is 8.27. The van der Waals surface area contributed by atoms with E-state index in [0.717, 1.165) is 17.0 Å². The maximum atomic E-state index is 8.94. The molecule has 1 aromatic rings. The summed E-state index contributed by atoms with van der Waals surface area (Å²) in [6.45, 7) is 5.88. The molecule has 0 aromatic carbocycles. The van der Waals surface area contributed by atoms with Crippen molar-refractivity contribution in [2.45, 2.75) is 33.3 Å². The summed E-state index contributed by atoms with van der Waals surface area (Å²) < 4.78 is 5.04. The highest BCUT2D eigenvalue weighted by molar-refractivity contribution is 5.22. The minimum Gasteiger partial charge on any atom is -0.391 e. The zero-order valence-corrected chi connectivity index (χ0v) is 7.09. The molecule has 0 spiro atoms. The molecule has 0 bridgehead atoms. The molecule has 1 heterocycles. The Hall–Kier alpha value is -0.830. The summed E-state index contributed by atoms with van der Waals surface area (Å²) in [6, 6.07) is 0. The molecule has 1 aromatic heterocycles. The fourth-order valence-corrected chi connectivity index (χ4v) is 1.05. The van der Waals surface area contributed by atoms with Crippen molar-refractivity contribution in [1.29, 1.82) is 0 Å². The highest BCUT2D eigenvalue weighted by Gasteiger charge is 2.14. The van der Waals surface area contributed by atoms with E-state index in [1.165, 1.54) is 0 Å². The molecule has 62 valence electrons. The van der Waals surface area contributed by atoms with Gasteiger partial charge in [0.15, 0.2) is 0 Å². The second-order valence-corrected chi connectivity index (χ2v) is 2.92. The first-order valence-corrected chi connectivity index (χ1v) is 3.72. The van der Waals surface area contributed by atoms with Crippen LogP contribution in [0.15, 0.2) is 4.52 Å². The number of aromatic nitrogens is 1.